The molecule has 0 saturated carbocycles. The molecule has 2 atom stereocenters. The van der Waals surface area contributed by atoms with Gasteiger partial charge < -0.3 is 10.1 Å². The smallest absolute Gasteiger partial charge is 0.319 e. The Bertz CT molecular complexity index is 776. The van der Waals surface area contributed by atoms with E-state index in [-0.39, 0.29) is 0 Å². The Morgan fingerprint density at radius 1 is 1.04 bits per heavy atom. The van der Waals surface area contributed by atoms with E-state index in [0.717, 1.165) is 10.5 Å². The van der Waals surface area contributed by atoms with E-state index in [4.69, 9.17) is 27.9 Å². The van der Waals surface area contributed by atoms with Crippen LogP contribution in [0.3, 0.4) is 0 Å². The summed E-state index contributed by atoms with van der Waals surface area (Å²) >= 11 is 13.4. The molecule has 0 radical (unpaired) electrons. The highest BCUT2D eigenvalue weighted by molar-refractivity contribution is 8.00. The number of esters is 1. The number of hydrogen-bond acceptors (Lipinski definition) is 4. The molecule has 138 valence electrons. The van der Waals surface area contributed by atoms with Crippen LogP contribution < -0.4 is 5.32 Å². The van der Waals surface area contributed by atoms with Crippen molar-refractivity contribution in [2.75, 3.05) is 5.32 Å². The van der Waals surface area contributed by atoms with Crippen LogP contribution in [-0.2, 0) is 14.3 Å². The molecule has 0 spiro atoms. The fraction of sp³-hybridized carbons (Fsp3) is 0.263. The molecule has 0 aliphatic rings. The summed E-state index contributed by atoms with van der Waals surface area (Å²) in [5, 5.41) is 2.77. The highest BCUT2D eigenvalue weighted by Gasteiger charge is 2.23. The third kappa shape index (κ3) is 5.66. The molecule has 1 amide bonds. The zero-order valence-corrected chi connectivity index (χ0v) is 16.9. The summed E-state index contributed by atoms with van der Waals surface area (Å²) in [4.78, 5) is 25.5. The third-order valence-corrected chi connectivity index (χ3v) is 5.26. The lowest BCUT2D eigenvalue weighted by Crippen LogP contribution is -2.32. The largest absolute Gasteiger partial charge is 0.452 e. The molecule has 2 aromatic rings. The second kappa shape index (κ2) is 9.31. The summed E-state index contributed by atoms with van der Waals surface area (Å²) in [5.41, 5.74) is 1.44. The molecule has 2 rings (SSSR count). The van der Waals surface area contributed by atoms with E-state index in [2.05, 4.69) is 5.32 Å². The third-order valence-electron chi connectivity index (χ3n) is 3.54. The minimum atomic E-state index is -0.976. The van der Waals surface area contributed by atoms with Crippen molar-refractivity contribution in [1.29, 1.82) is 0 Å². The minimum Gasteiger partial charge on any atom is -0.452 e. The van der Waals surface area contributed by atoms with Crippen LogP contribution in [0.15, 0.2) is 47.4 Å². The quantitative estimate of drug-likeness (QED) is 0.513. The predicted octanol–water partition coefficient (Wildman–Crippen LogP) is 5.35. The van der Waals surface area contributed by atoms with Gasteiger partial charge in [0.05, 0.1) is 15.7 Å². The molecule has 0 heterocycles. The SMILES string of the molecule is Cc1ccc(S[C@@H](C)C(=O)O[C@H](C)C(=O)Nc2c(Cl)cccc2Cl)cc1. The number of anilines is 1. The van der Waals surface area contributed by atoms with Crippen molar-refractivity contribution in [3.8, 4) is 0 Å². The highest BCUT2D eigenvalue weighted by Crippen LogP contribution is 2.30. The number of hydrogen-bond donors (Lipinski definition) is 1. The number of ether oxygens (including phenoxy) is 1. The highest BCUT2D eigenvalue weighted by atomic mass is 35.5. The van der Waals surface area contributed by atoms with Crippen LogP contribution in [0, 0.1) is 6.92 Å². The molecular weight excluding hydrogens is 393 g/mol. The Kier molecular flexibility index (Phi) is 7.38. The van der Waals surface area contributed by atoms with Crippen molar-refractivity contribution in [2.45, 2.75) is 37.0 Å². The van der Waals surface area contributed by atoms with E-state index in [1.54, 1.807) is 25.1 Å². The van der Waals surface area contributed by atoms with Crippen molar-refractivity contribution in [2.24, 2.45) is 0 Å². The van der Waals surface area contributed by atoms with Crippen molar-refractivity contribution in [1.82, 2.24) is 0 Å². The number of aryl methyl sites for hydroxylation is 1. The molecule has 0 aliphatic carbocycles. The van der Waals surface area contributed by atoms with E-state index >= 15 is 0 Å². The van der Waals surface area contributed by atoms with Gasteiger partial charge in [-0.3, -0.25) is 9.59 Å². The fourth-order valence-corrected chi connectivity index (χ4v) is 3.38. The lowest BCUT2D eigenvalue weighted by atomic mass is 10.2. The van der Waals surface area contributed by atoms with Gasteiger partial charge in [0.25, 0.3) is 5.91 Å². The summed E-state index contributed by atoms with van der Waals surface area (Å²) in [6.45, 7) is 5.24. The Hall–Kier alpha value is -1.69. The van der Waals surface area contributed by atoms with Gasteiger partial charge in [-0.25, -0.2) is 0 Å². The van der Waals surface area contributed by atoms with Crippen LogP contribution in [0.1, 0.15) is 19.4 Å². The minimum absolute atomic E-state index is 0.297. The van der Waals surface area contributed by atoms with Gasteiger partial charge in [0.15, 0.2) is 6.10 Å². The van der Waals surface area contributed by atoms with Gasteiger partial charge in [0.2, 0.25) is 0 Å². The van der Waals surface area contributed by atoms with Gasteiger partial charge in [0, 0.05) is 4.90 Å². The molecule has 0 bridgehead atoms. The first kappa shape index (κ1) is 20.6. The number of halogens is 2. The first-order valence-electron chi connectivity index (χ1n) is 7.96. The van der Waals surface area contributed by atoms with Crippen molar-refractivity contribution in [3.63, 3.8) is 0 Å². The molecule has 7 heteroatoms. The van der Waals surface area contributed by atoms with Crippen LogP contribution in [0.2, 0.25) is 10.0 Å². The number of benzene rings is 2. The van der Waals surface area contributed by atoms with Crippen LogP contribution in [0.4, 0.5) is 5.69 Å². The number of nitrogens with one attached hydrogen (secondary N) is 1. The van der Waals surface area contributed by atoms with Gasteiger partial charge in [-0.1, -0.05) is 47.0 Å². The topological polar surface area (TPSA) is 55.4 Å². The van der Waals surface area contributed by atoms with E-state index in [9.17, 15) is 9.59 Å². The van der Waals surface area contributed by atoms with Crippen LogP contribution >= 0.6 is 35.0 Å². The first-order valence-corrected chi connectivity index (χ1v) is 9.60. The number of rotatable bonds is 6. The van der Waals surface area contributed by atoms with Gasteiger partial charge in [-0.2, -0.15) is 0 Å². The summed E-state index contributed by atoms with van der Waals surface area (Å²) in [7, 11) is 0. The average molecular weight is 412 g/mol. The van der Waals surface area contributed by atoms with Crippen molar-refractivity contribution in [3.05, 3.63) is 58.1 Å². The second-order valence-electron chi connectivity index (χ2n) is 5.74. The predicted molar refractivity (Wildman–Crippen MR) is 107 cm³/mol. The monoisotopic (exact) mass is 411 g/mol. The molecule has 1 N–H and O–H groups in total. The van der Waals surface area contributed by atoms with E-state index in [0.29, 0.717) is 15.7 Å². The van der Waals surface area contributed by atoms with Crippen LogP contribution in [-0.4, -0.2) is 23.2 Å². The Morgan fingerprint density at radius 3 is 2.19 bits per heavy atom. The molecule has 26 heavy (non-hydrogen) atoms. The zero-order valence-electron chi connectivity index (χ0n) is 14.6. The Labute approximate surface area is 167 Å². The normalized spacial score (nSPS) is 13.0. The fourth-order valence-electron chi connectivity index (χ4n) is 2.03. The molecular formula is C19H19Cl2NO3S. The molecule has 0 aromatic heterocycles. The molecule has 4 nitrogen and oxygen atoms in total. The van der Waals surface area contributed by atoms with Crippen molar-refractivity contribution < 1.29 is 14.3 Å². The van der Waals surface area contributed by atoms with Crippen LogP contribution in [0.25, 0.3) is 0 Å². The van der Waals surface area contributed by atoms with Crippen molar-refractivity contribution >= 4 is 52.5 Å². The number of thioether (sulfide) groups is 1. The zero-order chi connectivity index (χ0) is 19.3. The molecule has 0 unspecified atom stereocenters. The number of carbonyl (C=O) groups excluding carboxylic acids is 2. The second-order valence-corrected chi connectivity index (χ2v) is 7.97. The lowest BCUT2D eigenvalue weighted by molar-refractivity contribution is -0.152. The lowest BCUT2D eigenvalue weighted by Gasteiger charge is -2.17. The van der Waals surface area contributed by atoms with E-state index in [1.165, 1.54) is 18.7 Å². The standard InChI is InChI=1S/C19H19Cl2NO3S/c1-11-7-9-14(10-8-11)26-13(3)19(24)25-12(2)18(23)22-17-15(20)5-4-6-16(17)21/h4-10,12-13H,1-3H3,(H,22,23)/t12-,13+/m1/s1. The van der Waals surface area contributed by atoms with Gasteiger partial charge in [-0.05, 0) is 45.0 Å². The number of carbonyl (C=O) groups is 2. The van der Waals surface area contributed by atoms with E-state index in [1.807, 2.05) is 31.2 Å². The summed E-state index contributed by atoms with van der Waals surface area (Å²) in [5.74, 6) is -0.968. The summed E-state index contributed by atoms with van der Waals surface area (Å²) < 4.78 is 5.26. The summed E-state index contributed by atoms with van der Waals surface area (Å²) in [6, 6.07) is 12.7. The average Bonchev–Trinajstić information content (AvgIpc) is 2.59. The molecule has 0 aliphatic heterocycles. The first-order chi connectivity index (χ1) is 12.3. The molecule has 2 aromatic carbocycles. The maximum absolute atomic E-state index is 12.3. The summed E-state index contributed by atoms with van der Waals surface area (Å²) in [6.07, 6.45) is -0.976. The number of amides is 1. The van der Waals surface area contributed by atoms with Gasteiger partial charge in [0.1, 0.15) is 5.25 Å². The van der Waals surface area contributed by atoms with Crippen LogP contribution in [0.5, 0.6) is 0 Å². The number of para-hydroxylation sites is 1. The van der Waals surface area contributed by atoms with Gasteiger partial charge in [-0.15, -0.1) is 11.8 Å². The Balaban J connectivity index is 1.93. The van der Waals surface area contributed by atoms with Gasteiger partial charge >= 0.3 is 5.97 Å². The molecule has 0 saturated heterocycles. The Morgan fingerprint density at radius 2 is 1.62 bits per heavy atom. The maximum atomic E-state index is 12.3. The van der Waals surface area contributed by atoms with E-state index < -0.39 is 23.2 Å². The maximum Gasteiger partial charge on any atom is 0.319 e. The molecule has 0 fully saturated rings.